The van der Waals surface area contributed by atoms with Crippen LogP contribution in [0.3, 0.4) is 0 Å². The fraction of sp³-hybridized carbons (Fsp3) is 0.429. The molecular formula is C21H23ClN4O2. The van der Waals surface area contributed by atoms with Gasteiger partial charge < -0.3 is 10.1 Å². The Morgan fingerprint density at radius 1 is 1.21 bits per heavy atom. The molecule has 0 aliphatic heterocycles. The average molecular weight is 399 g/mol. The molecule has 1 aliphatic rings. The summed E-state index contributed by atoms with van der Waals surface area (Å²) >= 11 is 6.05. The normalized spacial score (nSPS) is 19.1. The number of nitrogens with zero attached hydrogens (tertiary/aromatic N) is 3. The van der Waals surface area contributed by atoms with Gasteiger partial charge in [-0.25, -0.2) is 0 Å². The van der Waals surface area contributed by atoms with Gasteiger partial charge in [-0.05, 0) is 55.9 Å². The van der Waals surface area contributed by atoms with Crippen molar-refractivity contribution in [2.24, 2.45) is 0 Å². The first-order chi connectivity index (χ1) is 13.5. The van der Waals surface area contributed by atoms with E-state index in [0.717, 1.165) is 31.4 Å². The third-order valence-electron chi connectivity index (χ3n) is 4.88. The molecule has 7 heteroatoms. The highest BCUT2D eigenvalue weighted by atomic mass is 35.5. The monoisotopic (exact) mass is 398 g/mol. The lowest BCUT2D eigenvalue weighted by atomic mass is 9.92. The number of ether oxygens (including phenoxy) is 1. The smallest absolute Gasteiger partial charge is 0.272 e. The van der Waals surface area contributed by atoms with Gasteiger partial charge in [0.05, 0.1) is 22.4 Å². The fourth-order valence-corrected chi connectivity index (χ4v) is 3.42. The van der Waals surface area contributed by atoms with Crippen molar-refractivity contribution >= 4 is 17.5 Å². The number of nitrogens with one attached hydrogen (secondary N) is 1. The molecule has 0 atom stereocenters. The molecule has 1 N–H and O–H groups in total. The number of hydrogen-bond acceptors (Lipinski definition) is 5. The number of hydrogen-bond donors (Lipinski definition) is 1. The minimum atomic E-state index is -0.189. The van der Waals surface area contributed by atoms with Crippen LogP contribution in [0.2, 0.25) is 5.02 Å². The van der Waals surface area contributed by atoms with Crippen LogP contribution in [0.5, 0.6) is 5.75 Å². The van der Waals surface area contributed by atoms with Crippen LogP contribution in [0.25, 0.3) is 0 Å². The zero-order valence-corrected chi connectivity index (χ0v) is 16.7. The Morgan fingerprint density at radius 2 is 1.96 bits per heavy atom. The minimum Gasteiger partial charge on any atom is -0.490 e. The van der Waals surface area contributed by atoms with E-state index < -0.39 is 0 Å². The molecule has 1 aromatic carbocycles. The molecule has 0 saturated heterocycles. The Hall–Kier alpha value is -2.65. The molecule has 2 aromatic rings. The average Bonchev–Trinajstić information content (AvgIpc) is 2.69. The van der Waals surface area contributed by atoms with E-state index in [9.17, 15) is 4.79 Å². The van der Waals surface area contributed by atoms with Crippen LogP contribution in [0.4, 0.5) is 0 Å². The van der Waals surface area contributed by atoms with Gasteiger partial charge in [0.1, 0.15) is 11.8 Å². The van der Waals surface area contributed by atoms with E-state index in [1.807, 2.05) is 26.0 Å². The first kappa shape index (κ1) is 20.1. The third kappa shape index (κ3) is 4.99. The summed E-state index contributed by atoms with van der Waals surface area (Å²) < 4.78 is 5.98. The Kier molecular flexibility index (Phi) is 6.48. The largest absolute Gasteiger partial charge is 0.490 e. The van der Waals surface area contributed by atoms with Crippen molar-refractivity contribution in [3.05, 3.63) is 52.3 Å². The molecule has 1 saturated carbocycles. The Labute approximate surface area is 169 Å². The standard InChI is InChI=1S/C21H23ClN4O2/c1-13(2)19-9-10-20(26-25-19)21(27)24-15-4-7-16(8-5-15)28-17-6-3-14(12-23)18(22)11-17/h3,6,9-11,13,15-16H,4-5,7-8H2,1-2H3,(H,24,27). The van der Waals surface area contributed by atoms with Crippen molar-refractivity contribution in [2.45, 2.75) is 57.6 Å². The molecule has 0 bridgehead atoms. The third-order valence-corrected chi connectivity index (χ3v) is 5.20. The lowest BCUT2D eigenvalue weighted by Crippen LogP contribution is -2.40. The maximum Gasteiger partial charge on any atom is 0.272 e. The Balaban J connectivity index is 1.49. The van der Waals surface area contributed by atoms with Crippen molar-refractivity contribution in [3.8, 4) is 11.8 Å². The predicted molar refractivity (Wildman–Crippen MR) is 106 cm³/mol. The number of aromatic nitrogens is 2. The van der Waals surface area contributed by atoms with Crippen molar-refractivity contribution in [1.82, 2.24) is 15.5 Å². The van der Waals surface area contributed by atoms with E-state index >= 15 is 0 Å². The summed E-state index contributed by atoms with van der Waals surface area (Å²) in [5.74, 6) is 0.758. The van der Waals surface area contributed by atoms with Gasteiger partial charge in [0, 0.05) is 12.1 Å². The van der Waals surface area contributed by atoms with Crippen molar-refractivity contribution in [1.29, 1.82) is 5.26 Å². The maximum absolute atomic E-state index is 12.4. The second kappa shape index (κ2) is 9.03. The molecule has 1 aliphatic carbocycles. The molecule has 0 spiro atoms. The van der Waals surface area contributed by atoms with Crippen molar-refractivity contribution in [2.75, 3.05) is 0 Å². The van der Waals surface area contributed by atoms with E-state index in [4.69, 9.17) is 21.6 Å². The highest BCUT2D eigenvalue weighted by Gasteiger charge is 2.24. The molecule has 1 aromatic heterocycles. The molecule has 28 heavy (non-hydrogen) atoms. The number of rotatable bonds is 5. The van der Waals surface area contributed by atoms with Crippen molar-refractivity contribution < 1.29 is 9.53 Å². The number of nitriles is 1. The zero-order valence-electron chi connectivity index (χ0n) is 16.0. The summed E-state index contributed by atoms with van der Waals surface area (Å²) in [6.45, 7) is 4.08. The summed E-state index contributed by atoms with van der Waals surface area (Å²) in [6, 6.07) is 10.8. The number of halogens is 1. The number of benzene rings is 1. The summed E-state index contributed by atoms with van der Waals surface area (Å²) in [7, 11) is 0. The second-order valence-electron chi connectivity index (χ2n) is 7.32. The van der Waals surface area contributed by atoms with Gasteiger partial charge in [0.2, 0.25) is 0 Å². The van der Waals surface area contributed by atoms with Crippen LogP contribution in [-0.2, 0) is 0 Å². The van der Waals surface area contributed by atoms with E-state index in [2.05, 4.69) is 15.5 Å². The molecule has 0 unspecified atom stereocenters. The molecule has 1 heterocycles. The maximum atomic E-state index is 12.4. The van der Waals surface area contributed by atoms with Crippen LogP contribution in [0.1, 0.15) is 67.2 Å². The Bertz CT molecular complexity index is 869. The Morgan fingerprint density at radius 3 is 2.54 bits per heavy atom. The first-order valence-corrected chi connectivity index (χ1v) is 9.85. The van der Waals surface area contributed by atoms with Gasteiger partial charge in [-0.15, -0.1) is 5.10 Å². The second-order valence-corrected chi connectivity index (χ2v) is 7.72. The number of amides is 1. The number of carbonyl (C=O) groups is 1. The quantitative estimate of drug-likeness (QED) is 0.813. The van der Waals surface area contributed by atoms with E-state index in [1.165, 1.54) is 0 Å². The van der Waals surface area contributed by atoms with Crippen molar-refractivity contribution in [3.63, 3.8) is 0 Å². The lowest BCUT2D eigenvalue weighted by Gasteiger charge is -2.29. The summed E-state index contributed by atoms with van der Waals surface area (Å²) in [5.41, 5.74) is 1.65. The van der Waals surface area contributed by atoms with Crippen LogP contribution < -0.4 is 10.1 Å². The van der Waals surface area contributed by atoms with Gasteiger partial charge in [0.25, 0.3) is 5.91 Å². The summed E-state index contributed by atoms with van der Waals surface area (Å²) in [6.07, 6.45) is 3.40. The zero-order chi connectivity index (χ0) is 20.1. The molecule has 146 valence electrons. The van der Waals surface area contributed by atoms with Crippen LogP contribution in [-0.4, -0.2) is 28.3 Å². The van der Waals surface area contributed by atoms with Gasteiger partial charge in [-0.1, -0.05) is 25.4 Å². The number of carbonyl (C=O) groups excluding carboxylic acids is 1. The van der Waals surface area contributed by atoms with Crippen LogP contribution in [0.15, 0.2) is 30.3 Å². The van der Waals surface area contributed by atoms with Gasteiger partial charge in [-0.3, -0.25) is 4.79 Å². The lowest BCUT2D eigenvalue weighted by molar-refractivity contribution is 0.0888. The SMILES string of the molecule is CC(C)c1ccc(C(=O)NC2CCC(Oc3ccc(C#N)c(Cl)c3)CC2)nn1. The highest BCUT2D eigenvalue weighted by molar-refractivity contribution is 6.31. The van der Waals surface area contributed by atoms with E-state index in [0.29, 0.717) is 22.0 Å². The van der Waals surface area contributed by atoms with Crippen LogP contribution >= 0.6 is 11.6 Å². The van der Waals surface area contributed by atoms with E-state index in [-0.39, 0.29) is 24.0 Å². The van der Waals surface area contributed by atoms with Gasteiger partial charge in [0.15, 0.2) is 5.69 Å². The van der Waals surface area contributed by atoms with Gasteiger partial charge >= 0.3 is 0 Å². The topological polar surface area (TPSA) is 87.9 Å². The molecule has 6 nitrogen and oxygen atoms in total. The fourth-order valence-electron chi connectivity index (χ4n) is 3.21. The van der Waals surface area contributed by atoms with Crippen LogP contribution in [0, 0.1) is 11.3 Å². The molecule has 3 rings (SSSR count). The first-order valence-electron chi connectivity index (χ1n) is 9.47. The summed E-state index contributed by atoms with van der Waals surface area (Å²) in [5, 5.41) is 20.5. The molecule has 0 radical (unpaired) electrons. The van der Waals surface area contributed by atoms with E-state index in [1.54, 1.807) is 24.3 Å². The van der Waals surface area contributed by atoms with Gasteiger partial charge in [-0.2, -0.15) is 10.4 Å². The molecule has 1 amide bonds. The molecule has 1 fully saturated rings. The summed E-state index contributed by atoms with van der Waals surface area (Å²) in [4.78, 5) is 12.4. The predicted octanol–water partition coefficient (Wildman–Crippen LogP) is 4.25. The minimum absolute atomic E-state index is 0.0715. The molecular weight excluding hydrogens is 376 g/mol. The highest BCUT2D eigenvalue weighted by Crippen LogP contribution is 2.27.